The van der Waals surface area contributed by atoms with E-state index in [0.717, 1.165) is 11.0 Å². The van der Waals surface area contributed by atoms with Gasteiger partial charge in [0.1, 0.15) is 4.90 Å². The van der Waals surface area contributed by atoms with Gasteiger partial charge in [-0.05, 0) is 45.0 Å². The van der Waals surface area contributed by atoms with Crippen LogP contribution in [0.5, 0.6) is 0 Å². The fourth-order valence-corrected chi connectivity index (χ4v) is 4.56. The number of rotatable bonds is 6. The highest BCUT2D eigenvalue weighted by atomic mass is 35.5. The number of aromatic nitrogens is 2. The summed E-state index contributed by atoms with van der Waals surface area (Å²) in [5.41, 5.74) is 1.39. The summed E-state index contributed by atoms with van der Waals surface area (Å²) in [6.07, 6.45) is -0.0446. The van der Waals surface area contributed by atoms with Crippen molar-refractivity contribution < 1.29 is 13.2 Å². The summed E-state index contributed by atoms with van der Waals surface area (Å²) in [5, 5.41) is 2.92. The average molecular weight is 435 g/mol. The third-order valence-corrected chi connectivity index (χ3v) is 6.21. The number of halogens is 1. The van der Waals surface area contributed by atoms with Crippen molar-refractivity contribution >= 4 is 44.5 Å². The summed E-state index contributed by atoms with van der Waals surface area (Å²) in [5.74, 6) is 0.0883. The van der Waals surface area contributed by atoms with E-state index in [9.17, 15) is 13.2 Å². The number of nitrogens with one attached hydrogen (secondary N) is 2. The number of para-hydroxylation sites is 2. The first-order valence-electron chi connectivity index (χ1n) is 9.11. The van der Waals surface area contributed by atoms with Crippen molar-refractivity contribution in [3.05, 3.63) is 53.6 Å². The third kappa shape index (κ3) is 4.77. The molecule has 0 fully saturated rings. The number of fused-ring (bicyclic) bond motifs is 1. The number of sulfonamides is 1. The van der Waals surface area contributed by atoms with E-state index in [1.807, 2.05) is 49.6 Å². The number of carbonyl (C=O) groups excluding carboxylic acids is 1. The summed E-state index contributed by atoms with van der Waals surface area (Å²) in [7, 11) is -3.79. The molecule has 0 atom stereocenters. The predicted molar refractivity (Wildman–Crippen MR) is 115 cm³/mol. The number of nitrogens with zero attached hydrogens (tertiary/aromatic N) is 2. The van der Waals surface area contributed by atoms with Gasteiger partial charge >= 0.3 is 0 Å². The molecule has 0 unspecified atom stereocenters. The number of benzene rings is 2. The van der Waals surface area contributed by atoms with Crippen LogP contribution in [-0.2, 0) is 20.4 Å². The molecule has 7 nitrogen and oxygen atoms in total. The maximum Gasteiger partial charge on any atom is 0.242 e. The fraction of sp³-hybridized carbons (Fsp3) is 0.300. The van der Waals surface area contributed by atoms with Gasteiger partial charge < -0.3 is 4.57 Å². The summed E-state index contributed by atoms with van der Waals surface area (Å²) < 4.78 is 29.1. The Hall–Kier alpha value is -2.42. The lowest BCUT2D eigenvalue weighted by molar-refractivity contribution is -0.116. The van der Waals surface area contributed by atoms with E-state index in [-0.39, 0.29) is 34.3 Å². The van der Waals surface area contributed by atoms with Crippen LogP contribution in [0.3, 0.4) is 0 Å². The lowest BCUT2D eigenvalue weighted by Crippen LogP contribution is -2.29. The minimum Gasteiger partial charge on any atom is -0.305 e. The highest BCUT2D eigenvalue weighted by Gasteiger charge is 2.23. The van der Waals surface area contributed by atoms with Crippen LogP contribution in [0.4, 0.5) is 5.95 Å². The normalized spacial score (nSPS) is 12.3. The van der Waals surface area contributed by atoms with Gasteiger partial charge in [0.25, 0.3) is 0 Å². The number of amides is 1. The Kier molecular flexibility index (Phi) is 5.97. The van der Waals surface area contributed by atoms with Gasteiger partial charge in [-0.15, -0.1) is 0 Å². The molecule has 0 aliphatic heterocycles. The Labute approximate surface area is 175 Å². The maximum atomic E-state index is 12.4. The second-order valence-corrected chi connectivity index (χ2v) is 9.70. The van der Waals surface area contributed by atoms with Gasteiger partial charge in [-0.1, -0.05) is 35.9 Å². The van der Waals surface area contributed by atoms with Gasteiger partial charge in [0, 0.05) is 18.5 Å². The second-order valence-electron chi connectivity index (χ2n) is 7.56. The van der Waals surface area contributed by atoms with Crippen LogP contribution in [0.15, 0.2) is 53.4 Å². The molecule has 2 N–H and O–H groups in total. The zero-order valence-electron chi connectivity index (χ0n) is 16.4. The molecule has 0 radical (unpaired) electrons. The molecule has 2 aromatic carbocycles. The van der Waals surface area contributed by atoms with Crippen LogP contribution in [0.2, 0.25) is 5.02 Å². The molecule has 0 saturated carbocycles. The van der Waals surface area contributed by atoms with E-state index in [4.69, 9.17) is 11.6 Å². The molecule has 0 saturated heterocycles. The molecular weight excluding hydrogens is 412 g/mol. The van der Waals surface area contributed by atoms with E-state index >= 15 is 0 Å². The van der Waals surface area contributed by atoms with Crippen LogP contribution in [0, 0.1) is 0 Å². The van der Waals surface area contributed by atoms with E-state index in [2.05, 4.69) is 15.0 Å². The Morgan fingerprint density at radius 2 is 1.76 bits per heavy atom. The Balaban J connectivity index is 1.70. The zero-order chi connectivity index (χ0) is 21.2. The Morgan fingerprint density at radius 3 is 2.45 bits per heavy atom. The smallest absolute Gasteiger partial charge is 0.242 e. The molecule has 9 heteroatoms. The molecule has 1 heterocycles. The number of anilines is 1. The number of hydrogen-bond donors (Lipinski definition) is 2. The first-order valence-corrected chi connectivity index (χ1v) is 11.0. The molecule has 1 amide bonds. The van der Waals surface area contributed by atoms with E-state index in [1.165, 1.54) is 12.1 Å². The van der Waals surface area contributed by atoms with Crippen LogP contribution in [-0.4, -0.2) is 30.4 Å². The lowest BCUT2D eigenvalue weighted by atomic mass is 10.1. The second kappa shape index (κ2) is 8.14. The van der Waals surface area contributed by atoms with Crippen molar-refractivity contribution in [1.82, 2.24) is 14.3 Å². The van der Waals surface area contributed by atoms with E-state index < -0.39 is 10.0 Å². The van der Waals surface area contributed by atoms with Gasteiger partial charge in [0.05, 0.1) is 16.1 Å². The SMILES string of the molecule is CC(C)(C)n1c(NC(=O)CCNS(=O)(=O)c2ccccc2Cl)nc2ccccc21. The molecule has 0 bridgehead atoms. The minimum atomic E-state index is -3.79. The summed E-state index contributed by atoms with van der Waals surface area (Å²) in [6, 6.07) is 13.8. The lowest BCUT2D eigenvalue weighted by Gasteiger charge is -2.24. The molecule has 0 aliphatic carbocycles. The van der Waals surface area contributed by atoms with Gasteiger partial charge in [-0.3, -0.25) is 10.1 Å². The fourth-order valence-electron chi connectivity index (χ4n) is 3.02. The minimum absolute atomic E-state index is 0.0170. The predicted octanol–water partition coefficient (Wildman–Crippen LogP) is 3.75. The van der Waals surface area contributed by atoms with E-state index in [0.29, 0.717) is 5.95 Å². The van der Waals surface area contributed by atoms with Gasteiger partial charge in [0.2, 0.25) is 21.9 Å². The largest absolute Gasteiger partial charge is 0.305 e. The van der Waals surface area contributed by atoms with Crippen molar-refractivity contribution in [2.45, 2.75) is 37.6 Å². The van der Waals surface area contributed by atoms with Crippen LogP contribution in [0.1, 0.15) is 27.2 Å². The number of imidazole rings is 1. The van der Waals surface area contributed by atoms with Crippen molar-refractivity contribution in [1.29, 1.82) is 0 Å². The molecule has 0 spiro atoms. The maximum absolute atomic E-state index is 12.4. The first-order chi connectivity index (χ1) is 13.6. The van der Waals surface area contributed by atoms with Crippen LogP contribution < -0.4 is 10.0 Å². The summed E-state index contributed by atoms with van der Waals surface area (Å²) in [6.45, 7) is 6.01. The average Bonchev–Trinajstić information content (AvgIpc) is 2.99. The first kappa shape index (κ1) is 21.3. The Morgan fingerprint density at radius 1 is 1.10 bits per heavy atom. The molecule has 0 aliphatic rings. The van der Waals surface area contributed by atoms with Crippen LogP contribution in [0.25, 0.3) is 11.0 Å². The Bertz CT molecular complexity index is 1150. The van der Waals surface area contributed by atoms with Gasteiger partial charge in [-0.25, -0.2) is 18.1 Å². The van der Waals surface area contributed by atoms with Crippen molar-refractivity contribution in [2.24, 2.45) is 0 Å². The van der Waals surface area contributed by atoms with Gasteiger partial charge in [0.15, 0.2) is 0 Å². The van der Waals surface area contributed by atoms with Gasteiger partial charge in [-0.2, -0.15) is 0 Å². The van der Waals surface area contributed by atoms with Crippen molar-refractivity contribution in [3.8, 4) is 0 Å². The summed E-state index contributed by atoms with van der Waals surface area (Å²) in [4.78, 5) is 16.9. The van der Waals surface area contributed by atoms with E-state index in [1.54, 1.807) is 12.1 Å². The molecule has 3 rings (SSSR count). The standard InChI is InChI=1S/C20H23ClN4O3S/c1-20(2,3)25-16-10-6-5-9-15(16)23-19(25)24-18(26)12-13-22-29(27,28)17-11-7-4-8-14(17)21/h4-11,22H,12-13H2,1-3H3,(H,23,24,26). The highest BCUT2D eigenvalue weighted by Crippen LogP contribution is 2.28. The molecule has 3 aromatic rings. The summed E-state index contributed by atoms with van der Waals surface area (Å²) >= 11 is 5.95. The molecule has 1 aromatic heterocycles. The van der Waals surface area contributed by atoms with Crippen LogP contribution >= 0.6 is 11.6 Å². The third-order valence-electron chi connectivity index (χ3n) is 4.25. The zero-order valence-corrected chi connectivity index (χ0v) is 18.0. The molecule has 154 valence electrons. The molecular formula is C20H23ClN4O3S. The highest BCUT2D eigenvalue weighted by molar-refractivity contribution is 7.89. The monoisotopic (exact) mass is 434 g/mol. The van der Waals surface area contributed by atoms with Crippen molar-refractivity contribution in [3.63, 3.8) is 0 Å². The van der Waals surface area contributed by atoms with Crippen molar-refractivity contribution in [2.75, 3.05) is 11.9 Å². The quantitative estimate of drug-likeness (QED) is 0.617. The number of hydrogen-bond acceptors (Lipinski definition) is 4. The molecule has 29 heavy (non-hydrogen) atoms. The number of carbonyl (C=O) groups is 1. The topological polar surface area (TPSA) is 93.1 Å².